The summed E-state index contributed by atoms with van der Waals surface area (Å²) in [5.41, 5.74) is 1.25. The van der Waals surface area contributed by atoms with E-state index in [2.05, 4.69) is 5.32 Å². The average molecular weight is 221 g/mol. The van der Waals surface area contributed by atoms with E-state index in [-0.39, 0.29) is 5.75 Å². The fourth-order valence-corrected chi connectivity index (χ4v) is 2.31. The number of aromatic hydroxyl groups is 1. The molecule has 0 bridgehead atoms. The molecule has 1 aliphatic heterocycles. The summed E-state index contributed by atoms with van der Waals surface area (Å²) in [6.45, 7) is 3.58. The zero-order chi connectivity index (χ0) is 11.6. The highest BCUT2D eigenvalue weighted by molar-refractivity contribution is 5.36. The number of aryl methyl sites for hydroxylation is 1. The number of β-amino-alcohol motifs (C(OH)–C–C–N with tert-alkyl or cyclic N) is 1. The van der Waals surface area contributed by atoms with Crippen LogP contribution in [0.15, 0.2) is 18.2 Å². The van der Waals surface area contributed by atoms with Gasteiger partial charge in [0.1, 0.15) is 5.75 Å². The summed E-state index contributed by atoms with van der Waals surface area (Å²) in [5.74, 6) is 0.282. The molecule has 0 aliphatic carbocycles. The first kappa shape index (κ1) is 11.4. The Balaban J connectivity index is 2.15. The van der Waals surface area contributed by atoms with E-state index >= 15 is 0 Å². The Morgan fingerprint density at radius 2 is 2.25 bits per heavy atom. The Labute approximate surface area is 96.1 Å². The van der Waals surface area contributed by atoms with Gasteiger partial charge >= 0.3 is 0 Å². The van der Waals surface area contributed by atoms with Crippen molar-refractivity contribution in [1.82, 2.24) is 5.32 Å². The van der Waals surface area contributed by atoms with Gasteiger partial charge in [0.25, 0.3) is 0 Å². The quantitative estimate of drug-likeness (QED) is 0.706. The minimum absolute atomic E-state index is 0.282. The Morgan fingerprint density at radius 1 is 1.44 bits per heavy atom. The predicted molar refractivity (Wildman–Crippen MR) is 63.6 cm³/mol. The normalized spacial score (nSPS) is 25.6. The van der Waals surface area contributed by atoms with Gasteiger partial charge in [0.15, 0.2) is 0 Å². The van der Waals surface area contributed by atoms with Gasteiger partial charge in [-0.15, -0.1) is 0 Å². The summed E-state index contributed by atoms with van der Waals surface area (Å²) in [4.78, 5) is 0. The van der Waals surface area contributed by atoms with Gasteiger partial charge in [-0.2, -0.15) is 0 Å². The smallest absolute Gasteiger partial charge is 0.118 e. The summed E-state index contributed by atoms with van der Waals surface area (Å²) < 4.78 is 0. The molecule has 1 saturated heterocycles. The molecular weight excluding hydrogens is 202 g/mol. The molecule has 3 N–H and O–H groups in total. The molecule has 3 heteroatoms. The Bertz CT molecular complexity index is 370. The van der Waals surface area contributed by atoms with Crippen molar-refractivity contribution in [3.8, 4) is 5.75 Å². The first-order valence-corrected chi connectivity index (χ1v) is 5.81. The van der Waals surface area contributed by atoms with Gasteiger partial charge in [0, 0.05) is 13.0 Å². The molecular formula is C13H19NO2. The van der Waals surface area contributed by atoms with Crippen molar-refractivity contribution < 1.29 is 10.2 Å². The van der Waals surface area contributed by atoms with Gasteiger partial charge in [-0.05, 0) is 37.9 Å². The molecule has 1 aromatic carbocycles. The highest BCUT2D eigenvalue weighted by Gasteiger charge is 2.30. The summed E-state index contributed by atoms with van der Waals surface area (Å²) >= 11 is 0. The van der Waals surface area contributed by atoms with Crippen LogP contribution >= 0.6 is 0 Å². The number of rotatable bonds is 2. The van der Waals surface area contributed by atoms with Crippen molar-refractivity contribution in [1.29, 1.82) is 0 Å². The number of nitrogens with one attached hydrogen (secondary N) is 1. The lowest BCUT2D eigenvalue weighted by molar-refractivity contribution is 0.0164. The molecule has 1 atom stereocenters. The van der Waals surface area contributed by atoms with Crippen LogP contribution in [0.1, 0.15) is 24.0 Å². The van der Waals surface area contributed by atoms with Crippen molar-refractivity contribution >= 4 is 0 Å². The second-order valence-electron chi connectivity index (χ2n) is 4.81. The zero-order valence-electron chi connectivity index (χ0n) is 9.66. The van der Waals surface area contributed by atoms with Crippen molar-refractivity contribution in [2.24, 2.45) is 0 Å². The standard InChI is InChI=1S/C13H19NO2/c1-10-3-4-12(15)11(7-10)8-13(16)5-2-6-14-9-13/h3-4,7,14-16H,2,5-6,8-9H2,1H3. The molecule has 0 aromatic heterocycles. The van der Waals surface area contributed by atoms with E-state index in [0.29, 0.717) is 13.0 Å². The van der Waals surface area contributed by atoms with E-state index in [9.17, 15) is 10.2 Å². The van der Waals surface area contributed by atoms with Crippen LogP contribution in [0.4, 0.5) is 0 Å². The maximum atomic E-state index is 10.4. The number of hydrogen-bond acceptors (Lipinski definition) is 3. The monoisotopic (exact) mass is 221 g/mol. The molecule has 1 aliphatic rings. The Hall–Kier alpha value is -1.06. The third-order valence-electron chi connectivity index (χ3n) is 3.20. The SMILES string of the molecule is Cc1ccc(O)c(CC2(O)CCCNC2)c1. The third kappa shape index (κ3) is 2.54. The maximum Gasteiger partial charge on any atom is 0.118 e. The molecule has 0 amide bonds. The first-order chi connectivity index (χ1) is 7.59. The number of piperidine rings is 1. The van der Waals surface area contributed by atoms with Gasteiger partial charge in [0.2, 0.25) is 0 Å². The van der Waals surface area contributed by atoms with Crippen LogP contribution in [0.5, 0.6) is 5.75 Å². The van der Waals surface area contributed by atoms with Crippen LogP contribution in [0.2, 0.25) is 0 Å². The van der Waals surface area contributed by atoms with E-state index in [1.807, 2.05) is 19.1 Å². The van der Waals surface area contributed by atoms with Crippen molar-refractivity contribution in [3.63, 3.8) is 0 Å². The third-order valence-corrected chi connectivity index (χ3v) is 3.20. The lowest BCUT2D eigenvalue weighted by Gasteiger charge is -2.33. The van der Waals surface area contributed by atoms with E-state index < -0.39 is 5.60 Å². The van der Waals surface area contributed by atoms with Crippen molar-refractivity contribution in [2.45, 2.75) is 31.8 Å². The molecule has 1 aromatic rings. The second-order valence-corrected chi connectivity index (χ2v) is 4.81. The molecule has 2 rings (SSSR count). The van der Waals surface area contributed by atoms with Crippen molar-refractivity contribution in [3.05, 3.63) is 29.3 Å². The summed E-state index contributed by atoms with van der Waals surface area (Å²) in [7, 11) is 0. The number of benzene rings is 1. The fourth-order valence-electron chi connectivity index (χ4n) is 2.31. The predicted octanol–water partition coefficient (Wildman–Crippen LogP) is 1.36. The number of phenolic OH excluding ortho intramolecular Hbond substituents is 1. The molecule has 1 unspecified atom stereocenters. The average Bonchev–Trinajstić information content (AvgIpc) is 2.24. The van der Waals surface area contributed by atoms with Crippen LogP contribution in [0.25, 0.3) is 0 Å². The number of aliphatic hydroxyl groups is 1. The largest absolute Gasteiger partial charge is 0.508 e. The minimum Gasteiger partial charge on any atom is -0.508 e. The second kappa shape index (κ2) is 4.44. The lowest BCUT2D eigenvalue weighted by Crippen LogP contribution is -2.47. The molecule has 0 saturated carbocycles. The Kier molecular flexibility index (Phi) is 3.17. The van der Waals surface area contributed by atoms with Crippen LogP contribution < -0.4 is 5.32 Å². The molecule has 3 nitrogen and oxygen atoms in total. The molecule has 1 fully saturated rings. The van der Waals surface area contributed by atoms with Gasteiger partial charge in [-0.25, -0.2) is 0 Å². The van der Waals surface area contributed by atoms with E-state index in [1.54, 1.807) is 6.07 Å². The summed E-state index contributed by atoms with van der Waals surface area (Å²) in [6, 6.07) is 5.52. The molecule has 1 heterocycles. The van der Waals surface area contributed by atoms with Crippen molar-refractivity contribution in [2.75, 3.05) is 13.1 Å². The molecule has 16 heavy (non-hydrogen) atoms. The summed E-state index contributed by atoms with van der Waals surface area (Å²) in [5, 5.41) is 23.3. The minimum atomic E-state index is -0.705. The van der Waals surface area contributed by atoms with Gasteiger partial charge in [-0.3, -0.25) is 0 Å². The topological polar surface area (TPSA) is 52.5 Å². The van der Waals surface area contributed by atoms with Crippen LogP contribution in [-0.2, 0) is 6.42 Å². The van der Waals surface area contributed by atoms with Crippen LogP contribution in [0, 0.1) is 6.92 Å². The van der Waals surface area contributed by atoms with Gasteiger partial charge < -0.3 is 15.5 Å². The number of hydrogen-bond donors (Lipinski definition) is 3. The fraction of sp³-hybridized carbons (Fsp3) is 0.538. The summed E-state index contributed by atoms with van der Waals surface area (Å²) in [6.07, 6.45) is 2.31. The van der Waals surface area contributed by atoms with Gasteiger partial charge in [-0.1, -0.05) is 17.7 Å². The molecule has 0 radical (unpaired) electrons. The van der Waals surface area contributed by atoms with Crippen LogP contribution in [0.3, 0.4) is 0 Å². The van der Waals surface area contributed by atoms with E-state index in [4.69, 9.17) is 0 Å². The molecule has 88 valence electrons. The zero-order valence-corrected chi connectivity index (χ0v) is 9.66. The lowest BCUT2D eigenvalue weighted by atomic mass is 9.87. The molecule has 0 spiro atoms. The highest BCUT2D eigenvalue weighted by Crippen LogP contribution is 2.27. The van der Waals surface area contributed by atoms with E-state index in [1.165, 1.54) is 0 Å². The van der Waals surface area contributed by atoms with Gasteiger partial charge in [0.05, 0.1) is 5.60 Å². The maximum absolute atomic E-state index is 10.4. The Morgan fingerprint density at radius 3 is 2.94 bits per heavy atom. The number of phenols is 1. The first-order valence-electron chi connectivity index (χ1n) is 5.81. The highest BCUT2D eigenvalue weighted by atomic mass is 16.3. The van der Waals surface area contributed by atoms with E-state index in [0.717, 1.165) is 30.5 Å². The van der Waals surface area contributed by atoms with Crippen LogP contribution in [-0.4, -0.2) is 28.9 Å².